The van der Waals surface area contributed by atoms with E-state index in [1.807, 2.05) is 6.92 Å². The molecule has 3 N–H and O–H groups in total. The summed E-state index contributed by atoms with van der Waals surface area (Å²) in [6, 6.07) is -1.21. The van der Waals surface area contributed by atoms with Crippen molar-refractivity contribution in [3.8, 4) is 0 Å². The zero-order chi connectivity index (χ0) is 12.6. The molecular formula is C12H20N2O3. The van der Waals surface area contributed by atoms with Crippen molar-refractivity contribution in [3.05, 3.63) is 0 Å². The van der Waals surface area contributed by atoms with Gasteiger partial charge in [-0.2, -0.15) is 0 Å². The molecule has 1 amide bonds. The Bertz CT molecular complexity index is 328. The van der Waals surface area contributed by atoms with Crippen LogP contribution in [0.25, 0.3) is 0 Å². The monoisotopic (exact) mass is 240 g/mol. The molecule has 0 aromatic carbocycles. The molecule has 0 radical (unpaired) electrons. The summed E-state index contributed by atoms with van der Waals surface area (Å²) in [5.74, 6) is -0.502. The molecular weight excluding hydrogens is 220 g/mol. The molecule has 2 rings (SSSR count). The molecule has 2 aliphatic rings. The van der Waals surface area contributed by atoms with Crippen LogP contribution >= 0.6 is 0 Å². The second kappa shape index (κ2) is 4.64. The molecule has 5 nitrogen and oxygen atoms in total. The number of likely N-dealkylation sites (tertiary alicyclic amines) is 1. The van der Waals surface area contributed by atoms with Gasteiger partial charge in [0.2, 0.25) is 5.91 Å². The highest BCUT2D eigenvalue weighted by Crippen LogP contribution is 2.34. The molecule has 2 fully saturated rings. The summed E-state index contributed by atoms with van der Waals surface area (Å²) in [5.41, 5.74) is 5.86. The van der Waals surface area contributed by atoms with E-state index >= 15 is 0 Å². The predicted octanol–water partition coefficient (Wildman–Crippen LogP) is 0.435. The average Bonchev–Trinajstić information content (AvgIpc) is 2.97. The van der Waals surface area contributed by atoms with Crippen molar-refractivity contribution in [3.63, 3.8) is 0 Å². The Balaban J connectivity index is 1.99. The first-order valence-electron chi connectivity index (χ1n) is 6.29. The maximum atomic E-state index is 12.1. The minimum atomic E-state index is -0.915. The van der Waals surface area contributed by atoms with Gasteiger partial charge in [-0.25, -0.2) is 4.79 Å². The Morgan fingerprint density at radius 1 is 1.41 bits per heavy atom. The van der Waals surface area contributed by atoms with Crippen molar-refractivity contribution >= 4 is 11.9 Å². The van der Waals surface area contributed by atoms with Gasteiger partial charge in [-0.1, -0.05) is 19.8 Å². The van der Waals surface area contributed by atoms with Gasteiger partial charge in [0.25, 0.3) is 0 Å². The molecule has 0 bridgehead atoms. The van der Waals surface area contributed by atoms with Gasteiger partial charge in [-0.15, -0.1) is 0 Å². The third kappa shape index (κ3) is 2.60. The predicted molar refractivity (Wildman–Crippen MR) is 62.2 cm³/mol. The van der Waals surface area contributed by atoms with Crippen LogP contribution < -0.4 is 5.73 Å². The first-order chi connectivity index (χ1) is 8.00. The average molecular weight is 240 g/mol. The second-order valence-corrected chi connectivity index (χ2v) is 5.37. The van der Waals surface area contributed by atoms with E-state index in [1.165, 1.54) is 4.90 Å². The van der Waals surface area contributed by atoms with E-state index in [1.54, 1.807) is 0 Å². The van der Waals surface area contributed by atoms with E-state index in [-0.39, 0.29) is 11.8 Å². The lowest BCUT2D eigenvalue weighted by Crippen LogP contribution is -2.49. The quantitative estimate of drug-likeness (QED) is 0.746. The van der Waals surface area contributed by atoms with Gasteiger partial charge >= 0.3 is 5.97 Å². The van der Waals surface area contributed by atoms with E-state index in [0.29, 0.717) is 18.9 Å². The van der Waals surface area contributed by atoms with E-state index in [9.17, 15) is 9.59 Å². The highest BCUT2D eigenvalue weighted by Gasteiger charge is 2.41. The van der Waals surface area contributed by atoms with E-state index in [2.05, 4.69) is 0 Å². The summed E-state index contributed by atoms with van der Waals surface area (Å²) < 4.78 is 0. The SMILES string of the molecule is CC1CCN(C(=O)[C@@H](N)CC2CC2)C1C(=O)O. The molecule has 5 heteroatoms. The zero-order valence-electron chi connectivity index (χ0n) is 10.1. The third-order valence-electron chi connectivity index (χ3n) is 3.84. The number of hydrogen-bond acceptors (Lipinski definition) is 3. The van der Waals surface area contributed by atoms with Crippen molar-refractivity contribution < 1.29 is 14.7 Å². The molecule has 1 saturated heterocycles. The fourth-order valence-corrected chi connectivity index (χ4v) is 2.60. The minimum absolute atomic E-state index is 0.0181. The summed E-state index contributed by atoms with van der Waals surface area (Å²) in [6.07, 6.45) is 3.76. The van der Waals surface area contributed by atoms with Crippen molar-refractivity contribution in [2.24, 2.45) is 17.6 Å². The van der Waals surface area contributed by atoms with Crippen molar-refractivity contribution in [2.75, 3.05) is 6.54 Å². The lowest BCUT2D eigenvalue weighted by Gasteiger charge is -2.26. The highest BCUT2D eigenvalue weighted by atomic mass is 16.4. The van der Waals surface area contributed by atoms with Crippen molar-refractivity contribution in [1.29, 1.82) is 0 Å². The van der Waals surface area contributed by atoms with Gasteiger partial charge in [0, 0.05) is 6.54 Å². The van der Waals surface area contributed by atoms with Gasteiger partial charge in [-0.05, 0) is 24.7 Å². The van der Waals surface area contributed by atoms with Gasteiger partial charge < -0.3 is 15.7 Å². The van der Waals surface area contributed by atoms with Crippen LogP contribution in [0.5, 0.6) is 0 Å². The van der Waals surface area contributed by atoms with Crippen molar-refractivity contribution in [1.82, 2.24) is 4.90 Å². The minimum Gasteiger partial charge on any atom is -0.480 e. The summed E-state index contributed by atoms with van der Waals surface area (Å²) in [6.45, 7) is 2.40. The van der Waals surface area contributed by atoms with Crippen LogP contribution in [0, 0.1) is 11.8 Å². The molecule has 1 aliphatic heterocycles. The van der Waals surface area contributed by atoms with Crippen LogP contribution in [0.3, 0.4) is 0 Å². The molecule has 1 aliphatic carbocycles. The van der Waals surface area contributed by atoms with Gasteiger partial charge in [-0.3, -0.25) is 4.79 Å². The van der Waals surface area contributed by atoms with Crippen LogP contribution in [0.15, 0.2) is 0 Å². The number of nitrogens with zero attached hydrogens (tertiary/aromatic N) is 1. The first-order valence-corrected chi connectivity index (χ1v) is 6.29. The Labute approximate surface area is 101 Å². The number of carbonyl (C=O) groups is 2. The zero-order valence-corrected chi connectivity index (χ0v) is 10.1. The molecule has 1 heterocycles. The Morgan fingerprint density at radius 2 is 2.06 bits per heavy atom. The van der Waals surface area contributed by atoms with Crippen LogP contribution in [-0.2, 0) is 9.59 Å². The normalized spacial score (nSPS) is 30.4. The fraction of sp³-hybridized carbons (Fsp3) is 0.833. The molecule has 0 aromatic heterocycles. The molecule has 0 spiro atoms. The summed E-state index contributed by atoms with van der Waals surface area (Å²) >= 11 is 0. The third-order valence-corrected chi connectivity index (χ3v) is 3.84. The van der Waals surface area contributed by atoms with Gasteiger partial charge in [0.05, 0.1) is 6.04 Å². The summed E-state index contributed by atoms with van der Waals surface area (Å²) in [5, 5.41) is 9.14. The largest absolute Gasteiger partial charge is 0.480 e. The number of amides is 1. The molecule has 1 saturated carbocycles. The van der Waals surface area contributed by atoms with Crippen LogP contribution in [0.4, 0.5) is 0 Å². The van der Waals surface area contributed by atoms with E-state index in [4.69, 9.17) is 10.8 Å². The highest BCUT2D eigenvalue weighted by molar-refractivity contribution is 5.87. The van der Waals surface area contributed by atoms with Crippen LogP contribution in [0.2, 0.25) is 0 Å². The maximum absolute atomic E-state index is 12.1. The Kier molecular flexibility index (Phi) is 3.38. The first kappa shape index (κ1) is 12.4. The lowest BCUT2D eigenvalue weighted by molar-refractivity contribution is -0.150. The second-order valence-electron chi connectivity index (χ2n) is 5.37. The maximum Gasteiger partial charge on any atom is 0.326 e. The van der Waals surface area contributed by atoms with Crippen LogP contribution in [-0.4, -0.2) is 40.5 Å². The Hall–Kier alpha value is -1.10. The van der Waals surface area contributed by atoms with Gasteiger partial charge in [0.15, 0.2) is 0 Å². The molecule has 17 heavy (non-hydrogen) atoms. The molecule has 0 aromatic rings. The number of nitrogens with two attached hydrogens (primary N) is 1. The van der Waals surface area contributed by atoms with Crippen molar-refractivity contribution in [2.45, 2.75) is 44.7 Å². The van der Waals surface area contributed by atoms with Crippen LogP contribution in [0.1, 0.15) is 32.6 Å². The Morgan fingerprint density at radius 3 is 2.59 bits per heavy atom. The molecule has 3 atom stereocenters. The standard InChI is InChI=1S/C12H20N2O3/c1-7-4-5-14(10(7)12(16)17)11(15)9(13)6-8-2-3-8/h7-10H,2-6,13H2,1H3,(H,16,17)/t7?,9-,10?/m0/s1. The summed E-state index contributed by atoms with van der Waals surface area (Å²) in [4.78, 5) is 24.7. The number of carboxylic acids is 1. The van der Waals surface area contributed by atoms with E-state index in [0.717, 1.165) is 19.3 Å². The topological polar surface area (TPSA) is 83.6 Å². The smallest absolute Gasteiger partial charge is 0.326 e. The number of carboxylic acid groups (broad SMARTS) is 1. The number of carbonyl (C=O) groups excluding carboxylic acids is 1. The molecule has 96 valence electrons. The van der Waals surface area contributed by atoms with E-state index < -0.39 is 18.1 Å². The summed E-state index contributed by atoms with van der Waals surface area (Å²) in [7, 11) is 0. The van der Waals surface area contributed by atoms with Gasteiger partial charge in [0.1, 0.15) is 6.04 Å². The lowest BCUT2D eigenvalue weighted by atomic mass is 10.0. The number of aliphatic carboxylic acids is 1. The fourth-order valence-electron chi connectivity index (χ4n) is 2.60. The number of hydrogen-bond donors (Lipinski definition) is 2. The number of rotatable bonds is 4. The molecule has 2 unspecified atom stereocenters.